The van der Waals surface area contributed by atoms with Crippen LogP contribution in [0.25, 0.3) is 0 Å². The third-order valence-corrected chi connectivity index (χ3v) is 7.22. The van der Waals surface area contributed by atoms with Crippen molar-refractivity contribution in [1.82, 2.24) is 0 Å². The standard InChI is InChI=1S/C24H32ClF/c1-3-5-6-21-15-16-22(23(25)24(21)26)20-13-11-19(12-14-20)18-9-7-17(4-2)8-10-18/h3-4,15-20H,1-2,5-14H2. The van der Waals surface area contributed by atoms with Gasteiger partial charge in [0.1, 0.15) is 5.82 Å². The van der Waals surface area contributed by atoms with Crippen LogP contribution in [0.2, 0.25) is 5.02 Å². The zero-order valence-corrected chi connectivity index (χ0v) is 16.6. The van der Waals surface area contributed by atoms with Crippen molar-refractivity contribution in [1.29, 1.82) is 0 Å². The van der Waals surface area contributed by atoms with E-state index in [4.69, 9.17) is 11.6 Å². The Morgan fingerprint density at radius 1 is 0.962 bits per heavy atom. The van der Waals surface area contributed by atoms with Gasteiger partial charge < -0.3 is 0 Å². The molecule has 0 bridgehead atoms. The van der Waals surface area contributed by atoms with Crippen LogP contribution >= 0.6 is 11.6 Å². The first-order valence-electron chi connectivity index (χ1n) is 10.3. The highest BCUT2D eigenvalue weighted by molar-refractivity contribution is 6.31. The lowest BCUT2D eigenvalue weighted by Gasteiger charge is -2.37. The van der Waals surface area contributed by atoms with Crippen molar-refractivity contribution < 1.29 is 4.39 Å². The second-order valence-corrected chi connectivity index (χ2v) is 8.67. The minimum absolute atomic E-state index is 0.212. The van der Waals surface area contributed by atoms with Crippen molar-refractivity contribution in [3.8, 4) is 0 Å². The lowest BCUT2D eigenvalue weighted by molar-refractivity contribution is 0.171. The fourth-order valence-electron chi connectivity index (χ4n) is 5.12. The van der Waals surface area contributed by atoms with Crippen LogP contribution in [0.5, 0.6) is 0 Å². The first-order valence-corrected chi connectivity index (χ1v) is 10.7. The SMILES string of the molecule is C=CCCc1ccc(C2CCC(C3CCC(C=C)CC3)CC2)c(Cl)c1F. The van der Waals surface area contributed by atoms with Crippen molar-refractivity contribution in [2.75, 3.05) is 0 Å². The van der Waals surface area contributed by atoms with Gasteiger partial charge in [-0.1, -0.05) is 35.9 Å². The third-order valence-electron chi connectivity index (χ3n) is 6.84. The minimum Gasteiger partial charge on any atom is -0.205 e. The molecule has 0 amide bonds. The maximum Gasteiger partial charge on any atom is 0.145 e. The van der Waals surface area contributed by atoms with Crippen LogP contribution in [0.1, 0.15) is 74.8 Å². The van der Waals surface area contributed by atoms with Gasteiger partial charge in [0, 0.05) is 0 Å². The molecule has 2 aliphatic rings. The molecule has 1 aromatic rings. The highest BCUT2D eigenvalue weighted by Crippen LogP contribution is 2.45. The molecule has 0 saturated heterocycles. The van der Waals surface area contributed by atoms with E-state index in [2.05, 4.69) is 25.3 Å². The van der Waals surface area contributed by atoms with E-state index in [0.29, 0.717) is 22.9 Å². The molecule has 0 N–H and O–H groups in total. The summed E-state index contributed by atoms with van der Waals surface area (Å²) in [6.07, 6.45) is 15.6. The van der Waals surface area contributed by atoms with Gasteiger partial charge in [0.05, 0.1) is 5.02 Å². The molecule has 2 heteroatoms. The molecule has 0 nitrogen and oxygen atoms in total. The second-order valence-electron chi connectivity index (χ2n) is 8.29. The van der Waals surface area contributed by atoms with E-state index in [1.807, 2.05) is 12.1 Å². The number of halogens is 2. The highest BCUT2D eigenvalue weighted by Gasteiger charge is 2.31. The maximum atomic E-state index is 14.6. The summed E-state index contributed by atoms with van der Waals surface area (Å²) in [6, 6.07) is 4.01. The molecule has 0 atom stereocenters. The van der Waals surface area contributed by atoms with Gasteiger partial charge in [-0.25, -0.2) is 4.39 Å². The van der Waals surface area contributed by atoms with Crippen LogP contribution in [0.3, 0.4) is 0 Å². The average Bonchev–Trinajstić information content (AvgIpc) is 2.69. The molecule has 0 spiro atoms. The average molecular weight is 375 g/mol. The molecule has 142 valence electrons. The second kappa shape index (κ2) is 9.22. The molecule has 0 aromatic heterocycles. The Hall–Kier alpha value is -1.08. The molecule has 3 rings (SSSR count). The largest absolute Gasteiger partial charge is 0.205 e. The predicted molar refractivity (Wildman–Crippen MR) is 110 cm³/mol. The van der Waals surface area contributed by atoms with Crippen LogP contribution in [-0.2, 0) is 6.42 Å². The number of hydrogen-bond donors (Lipinski definition) is 0. The third kappa shape index (κ3) is 4.42. The Kier molecular flexibility index (Phi) is 6.98. The van der Waals surface area contributed by atoms with Crippen LogP contribution in [0.15, 0.2) is 37.4 Å². The van der Waals surface area contributed by atoms with Crippen molar-refractivity contribution in [3.05, 3.63) is 59.4 Å². The van der Waals surface area contributed by atoms with Gasteiger partial charge >= 0.3 is 0 Å². The Bertz CT molecular complexity index is 619. The summed E-state index contributed by atoms with van der Waals surface area (Å²) in [4.78, 5) is 0. The molecule has 0 aliphatic heterocycles. The number of allylic oxidation sites excluding steroid dienone is 2. The lowest BCUT2D eigenvalue weighted by atomic mass is 9.68. The van der Waals surface area contributed by atoms with E-state index in [0.717, 1.165) is 42.6 Å². The zero-order chi connectivity index (χ0) is 18.5. The first-order chi connectivity index (χ1) is 12.6. The van der Waals surface area contributed by atoms with Gasteiger partial charge in [0.2, 0.25) is 0 Å². The van der Waals surface area contributed by atoms with E-state index in [1.54, 1.807) is 0 Å². The molecule has 0 unspecified atom stereocenters. The Morgan fingerprint density at radius 3 is 2.15 bits per heavy atom. The molecular formula is C24H32ClF. The van der Waals surface area contributed by atoms with Crippen LogP contribution < -0.4 is 0 Å². The highest BCUT2D eigenvalue weighted by atomic mass is 35.5. The summed E-state index contributed by atoms with van der Waals surface area (Å²) in [6.45, 7) is 7.67. The smallest absolute Gasteiger partial charge is 0.145 e. The Morgan fingerprint density at radius 2 is 1.58 bits per heavy atom. The van der Waals surface area contributed by atoms with Gasteiger partial charge in [-0.15, -0.1) is 13.2 Å². The number of rotatable bonds is 6. The zero-order valence-electron chi connectivity index (χ0n) is 15.9. The molecule has 0 radical (unpaired) electrons. The summed E-state index contributed by atoms with van der Waals surface area (Å²) >= 11 is 6.42. The Labute approximate surface area is 163 Å². The van der Waals surface area contributed by atoms with Crippen molar-refractivity contribution in [3.63, 3.8) is 0 Å². The fraction of sp³-hybridized carbons (Fsp3) is 0.583. The van der Waals surface area contributed by atoms with Crippen molar-refractivity contribution >= 4 is 11.6 Å². The fourth-order valence-corrected chi connectivity index (χ4v) is 5.46. The van der Waals surface area contributed by atoms with Gasteiger partial charge in [0.25, 0.3) is 0 Å². The molecular weight excluding hydrogens is 343 g/mol. The van der Waals surface area contributed by atoms with Gasteiger partial charge in [-0.3, -0.25) is 0 Å². The monoisotopic (exact) mass is 374 g/mol. The number of hydrogen-bond acceptors (Lipinski definition) is 0. The van der Waals surface area contributed by atoms with Crippen LogP contribution in [-0.4, -0.2) is 0 Å². The topological polar surface area (TPSA) is 0 Å². The minimum atomic E-state index is -0.212. The lowest BCUT2D eigenvalue weighted by Crippen LogP contribution is -2.25. The van der Waals surface area contributed by atoms with Gasteiger partial charge in [-0.05, 0) is 99.0 Å². The van der Waals surface area contributed by atoms with Crippen LogP contribution in [0, 0.1) is 23.6 Å². The van der Waals surface area contributed by atoms with E-state index in [-0.39, 0.29) is 5.82 Å². The quantitative estimate of drug-likeness (QED) is 0.444. The summed E-state index contributed by atoms with van der Waals surface area (Å²) < 4.78 is 14.6. The van der Waals surface area contributed by atoms with Crippen molar-refractivity contribution in [2.24, 2.45) is 17.8 Å². The molecule has 1 aromatic carbocycles. The first kappa shape index (κ1) is 19.7. The molecule has 2 aliphatic carbocycles. The van der Waals surface area contributed by atoms with Crippen LogP contribution in [0.4, 0.5) is 4.39 Å². The summed E-state index contributed by atoms with van der Waals surface area (Å²) in [7, 11) is 0. The van der Waals surface area contributed by atoms with E-state index < -0.39 is 0 Å². The molecule has 26 heavy (non-hydrogen) atoms. The number of aryl methyl sites for hydroxylation is 1. The van der Waals surface area contributed by atoms with Crippen molar-refractivity contribution in [2.45, 2.75) is 70.1 Å². The summed E-state index contributed by atoms with van der Waals surface area (Å²) in [5.41, 5.74) is 1.74. The Balaban J connectivity index is 1.59. The normalized spacial score (nSPS) is 29.3. The van der Waals surface area contributed by atoms with E-state index in [1.165, 1.54) is 38.5 Å². The van der Waals surface area contributed by atoms with E-state index >= 15 is 0 Å². The number of benzene rings is 1. The maximum absolute atomic E-state index is 14.6. The van der Waals surface area contributed by atoms with E-state index in [9.17, 15) is 4.39 Å². The summed E-state index contributed by atoms with van der Waals surface area (Å²) in [5, 5.41) is 0.363. The molecule has 2 saturated carbocycles. The molecule has 0 heterocycles. The summed E-state index contributed by atoms with van der Waals surface area (Å²) in [5.74, 6) is 2.69. The molecule has 2 fully saturated rings. The predicted octanol–water partition coefficient (Wildman–Crippen LogP) is 7.86. The van der Waals surface area contributed by atoms with Gasteiger partial charge in [0.15, 0.2) is 0 Å². The van der Waals surface area contributed by atoms with Gasteiger partial charge in [-0.2, -0.15) is 0 Å².